The Hall–Kier alpha value is -2.70. The molecule has 1 saturated heterocycles. The molecule has 0 saturated carbocycles. The fraction of sp³-hybridized carbons (Fsp3) is 0.412. The van der Waals surface area contributed by atoms with Crippen molar-refractivity contribution in [3.05, 3.63) is 29.8 Å². The van der Waals surface area contributed by atoms with Crippen molar-refractivity contribution in [1.29, 1.82) is 0 Å². The van der Waals surface area contributed by atoms with Crippen molar-refractivity contribution < 1.29 is 19.2 Å². The minimum Gasteiger partial charge on any atom is -0.311 e. The van der Waals surface area contributed by atoms with Crippen molar-refractivity contribution in [2.75, 3.05) is 18.0 Å². The second-order valence-corrected chi connectivity index (χ2v) is 6.22. The monoisotopic (exact) mass is 329 g/mol. The molecule has 3 rings (SSSR count). The molecule has 0 aromatic heterocycles. The number of hydrogen-bond donors (Lipinski definition) is 0. The Kier molecular flexibility index (Phi) is 4.09. The Morgan fingerprint density at radius 2 is 1.83 bits per heavy atom. The Morgan fingerprint density at radius 3 is 2.50 bits per heavy atom. The lowest BCUT2D eigenvalue weighted by atomic mass is 10.0. The first kappa shape index (κ1) is 16.2. The number of amides is 5. The fourth-order valence-electron chi connectivity index (χ4n) is 3.13. The van der Waals surface area contributed by atoms with Gasteiger partial charge in [-0.15, -0.1) is 0 Å². The van der Waals surface area contributed by atoms with Crippen LogP contribution in [0.5, 0.6) is 0 Å². The standard InChI is InChI=1S/C17H19N3O4/c1-11(2)20-16(23)15(22)19(17(20)24)10-14(21)18-9-5-7-12-6-3-4-8-13(12)18/h3-4,6,8,11H,5,7,9-10H2,1-2H3. The summed E-state index contributed by atoms with van der Waals surface area (Å²) in [4.78, 5) is 52.1. The second-order valence-electron chi connectivity index (χ2n) is 6.22. The van der Waals surface area contributed by atoms with E-state index in [0.29, 0.717) is 6.54 Å². The van der Waals surface area contributed by atoms with Gasteiger partial charge in [0.2, 0.25) is 5.91 Å². The second kappa shape index (κ2) is 6.07. The van der Waals surface area contributed by atoms with Crippen LogP contribution in [0.1, 0.15) is 25.8 Å². The van der Waals surface area contributed by atoms with Crippen molar-refractivity contribution in [3.8, 4) is 0 Å². The molecular formula is C17H19N3O4. The molecule has 0 unspecified atom stereocenters. The lowest BCUT2D eigenvalue weighted by Gasteiger charge is -2.30. The molecule has 2 aliphatic rings. The van der Waals surface area contributed by atoms with E-state index in [2.05, 4.69) is 0 Å². The van der Waals surface area contributed by atoms with Crippen molar-refractivity contribution in [2.24, 2.45) is 0 Å². The number of carbonyl (C=O) groups is 4. The van der Waals surface area contributed by atoms with Crippen LogP contribution in [-0.4, -0.2) is 52.7 Å². The maximum absolute atomic E-state index is 12.6. The average Bonchev–Trinajstić information content (AvgIpc) is 2.77. The van der Waals surface area contributed by atoms with E-state index in [-0.39, 0.29) is 5.91 Å². The third kappa shape index (κ3) is 2.55. The SMILES string of the molecule is CC(C)N1C(=O)C(=O)N(CC(=O)N2CCCc3ccccc32)C1=O. The fourth-order valence-corrected chi connectivity index (χ4v) is 3.13. The number of imide groups is 2. The number of fused-ring (bicyclic) bond motifs is 1. The summed E-state index contributed by atoms with van der Waals surface area (Å²) in [5, 5.41) is 0. The number of benzene rings is 1. The van der Waals surface area contributed by atoms with Gasteiger partial charge in [0.1, 0.15) is 6.54 Å². The van der Waals surface area contributed by atoms with E-state index in [1.165, 1.54) is 0 Å². The highest BCUT2D eigenvalue weighted by Crippen LogP contribution is 2.27. The first-order valence-electron chi connectivity index (χ1n) is 7.99. The van der Waals surface area contributed by atoms with Crippen LogP contribution in [0, 0.1) is 0 Å². The summed E-state index contributed by atoms with van der Waals surface area (Å²) in [6.07, 6.45) is 1.71. The smallest absolute Gasteiger partial charge is 0.311 e. The van der Waals surface area contributed by atoms with Gasteiger partial charge in [-0.3, -0.25) is 19.3 Å². The van der Waals surface area contributed by atoms with E-state index in [0.717, 1.165) is 33.9 Å². The number of anilines is 1. The molecule has 0 radical (unpaired) electrons. The zero-order valence-electron chi connectivity index (χ0n) is 13.7. The van der Waals surface area contributed by atoms with Gasteiger partial charge in [-0.25, -0.2) is 9.69 Å². The number of nitrogens with zero attached hydrogens (tertiary/aromatic N) is 3. The van der Waals surface area contributed by atoms with Gasteiger partial charge in [-0.1, -0.05) is 18.2 Å². The molecule has 0 N–H and O–H groups in total. The molecule has 24 heavy (non-hydrogen) atoms. The lowest BCUT2D eigenvalue weighted by molar-refractivity contribution is -0.144. The molecule has 126 valence electrons. The molecule has 0 atom stereocenters. The van der Waals surface area contributed by atoms with E-state index in [9.17, 15) is 19.2 Å². The highest BCUT2D eigenvalue weighted by Gasteiger charge is 2.46. The molecule has 0 spiro atoms. The third-order valence-corrected chi connectivity index (χ3v) is 4.30. The van der Waals surface area contributed by atoms with Gasteiger partial charge in [0.25, 0.3) is 0 Å². The van der Waals surface area contributed by atoms with Gasteiger partial charge < -0.3 is 4.90 Å². The number of carbonyl (C=O) groups excluding carboxylic acids is 4. The van der Waals surface area contributed by atoms with Crippen LogP contribution in [0.2, 0.25) is 0 Å². The van der Waals surface area contributed by atoms with Crippen molar-refractivity contribution in [2.45, 2.75) is 32.7 Å². The summed E-state index contributed by atoms with van der Waals surface area (Å²) in [5.74, 6) is -2.17. The normalized spacial score (nSPS) is 17.8. The molecule has 7 heteroatoms. The highest BCUT2D eigenvalue weighted by atomic mass is 16.2. The highest BCUT2D eigenvalue weighted by molar-refractivity contribution is 6.45. The van der Waals surface area contributed by atoms with Gasteiger partial charge in [0, 0.05) is 18.3 Å². The van der Waals surface area contributed by atoms with E-state index in [4.69, 9.17) is 0 Å². The predicted octanol–water partition coefficient (Wildman–Crippen LogP) is 1.17. The molecular weight excluding hydrogens is 310 g/mol. The molecule has 7 nitrogen and oxygen atoms in total. The molecule has 1 fully saturated rings. The van der Waals surface area contributed by atoms with Crippen molar-refractivity contribution >= 4 is 29.4 Å². The van der Waals surface area contributed by atoms with Crippen LogP contribution in [0.25, 0.3) is 0 Å². The van der Waals surface area contributed by atoms with Gasteiger partial charge in [0.05, 0.1) is 0 Å². The Balaban J connectivity index is 1.80. The van der Waals surface area contributed by atoms with Crippen molar-refractivity contribution in [1.82, 2.24) is 9.80 Å². The summed E-state index contributed by atoms with van der Waals surface area (Å²) >= 11 is 0. The topological polar surface area (TPSA) is 78.0 Å². The quantitative estimate of drug-likeness (QED) is 0.616. The zero-order chi connectivity index (χ0) is 17.4. The molecule has 1 aromatic carbocycles. The first-order valence-corrected chi connectivity index (χ1v) is 7.99. The number of urea groups is 1. The Labute approximate surface area is 139 Å². The van der Waals surface area contributed by atoms with E-state index >= 15 is 0 Å². The molecule has 2 aliphatic heterocycles. The summed E-state index contributed by atoms with van der Waals surface area (Å²) in [5.41, 5.74) is 1.87. The summed E-state index contributed by atoms with van der Waals surface area (Å²) in [7, 11) is 0. The van der Waals surface area contributed by atoms with Crippen LogP contribution in [0.4, 0.5) is 10.5 Å². The Morgan fingerprint density at radius 1 is 1.12 bits per heavy atom. The number of aryl methyl sites for hydroxylation is 1. The lowest BCUT2D eigenvalue weighted by Crippen LogP contribution is -2.45. The number of hydrogen-bond acceptors (Lipinski definition) is 4. The zero-order valence-corrected chi connectivity index (χ0v) is 13.7. The average molecular weight is 329 g/mol. The molecule has 0 aliphatic carbocycles. The maximum Gasteiger partial charge on any atom is 0.334 e. The molecule has 0 bridgehead atoms. The largest absolute Gasteiger partial charge is 0.334 e. The number of rotatable bonds is 3. The van der Waals surface area contributed by atoms with Crippen LogP contribution >= 0.6 is 0 Å². The first-order chi connectivity index (χ1) is 11.4. The molecule has 2 heterocycles. The molecule has 5 amide bonds. The summed E-state index contributed by atoms with van der Waals surface area (Å²) in [6.45, 7) is 3.42. The van der Waals surface area contributed by atoms with Gasteiger partial charge in [-0.05, 0) is 38.3 Å². The summed E-state index contributed by atoms with van der Waals surface area (Å²) < 4.78 is 0. The van der Waals surface area contributed by atoms with E-state index in [1.54, 1.807) is 18.7 Å². The maximum atomic E-state index is 12.6. The minimum atomic E-state index is -0.938. The van der Waals surface area contributed by atoms with E-state index in [1.807, 2.05) is 24.3 Å². The van der Waals surface area contributed by atoms with E-state index < -0.39 is 30.4 Å². The van der Waals surface area contributed by atoms with Crippen LogP contribution < -0.4 is 4.90 Å². The predicted molar refractivity (Wildman–Crippen MR) is 86.2 cm³/mol. The Bertz CT molecular complexity index is 728. The van der Waals surface area contributed by atoms with Crippen LogP contribution in [-0.2, 0) is 20.8 Å². The number of para-hydroxylation sites is 1. The van der Waals surface area contributed by atoms with Gasteiger partial charge in [-0.2, -0.15) is 0 Å². The van der Waals surface area contributed by atoms with Gasteiger partial charge in [0.15, 0.2) is 0 Å². The minimum absolute atomic E-state index is 0.359. The van der Waals surface area contributed by atoms with Crippen molar-refractivity contribution in [3.63, 3.8) is 0 Å². The van der Waals surface area contributed by atoms with Gasteiger partial charge >= 0.3 is 17.8 Å². The summed E-state index contributed by atoms with van der Waals surface area (Å²) in [6, 6.07) is 6.43. The van der Waals surface area contributed by atoms with Crippen LogP contribution in [0.15, 0.2) is 24.3 Å². The van der Waals surface area contributed by atoms with Crippen LogP contribution in [0.3, 0.4) is 0 Å². The molecule has 1 aromatic rings. The third-order valence-electron chi connectivity index (χ3n) is 4.30.